The second-order valence-electron chi connectivity index (χ2n) is 4.76. The first-order chi connectivity index (χ1) is 9.70. The maximum atomic E-state index is 11.2. The molecule has 0 bridgehead atoms. The highest BCUT2D eigenvalue weighted by Crippen LogP contribution is 2.28. The summed E-state index contributed by atoms with van der Waals surface area (Å²) in [5.41, 5.74) is 2.07. The van der Waals surface area contributed by atoms with Gasteiger partial charge in [0.05, 0.1) is 10.6 Å². The first kappa shape index (κ1) is 12.6. The van der Waals surface area contributed by atoms with Crippen molar-refractivity contribution < 1.29 is 4.92 Å². The van der Waals surface area contributed by atoms with Crippen LogP contribution in [-0.2, 0) is 12.8 Å². The van der Waals surface area contributed by atoms with E-state index >= 15 is 0 Å². The van der Waals surface area contributed by atoms with Crippen molar-refractivity contribution in [2.24, 2.45) is 0 Å². The van der Waals surface area contributed by atoms with Crippen molar-refractivity contribution in [3.8, 4) is 5.82 Å². The van der Waals surface area contributed by atoms with Gasteiger partial charge in [-0.25, -0.2) is 9.97 Å². The lowest BCUT2D eigenvalue weighted by molar-refractivity contribution is -0.384. The molecule has 0 spiro atoms. The third-order valence-electron chi connectivity index (χ3n) is 3.57. The molecule has 2 heterocycles. The second kappa shape index (κ2) is 4.92. The minimum atomic E-state index is -0.406. The molecule has 1 N–H and O–H groups in total. The van der Waals surface area contributed by atoms with E-state index in [4.69, 9.17) is 0 Å². The molecule has 0 saturated heterocycles. The Bertz CT molecular complexity index is 665. The summed E-state index contributed by atoms with van der Waals surface area (Å²) in [7, 11) is 1.74. The molecule has 2 aromatic heterocycles. The summed E-state index contributed by atoms with van der Waals surface area (Å²) in [4.78, 5) is 19.5. The van der Waals surface area contributed by atoms with E-state index in [1.807, 2.05) is 0 Å². The topological polar surface area (TPSA) is 85.9 Å². The van der Waals surface area contributed by atoms with Gasteiger partial charge in [-0.15, -0.1) is 0 Å². The van der Waals surface area contributed by atoms with Crippen molar-refractivity contribution in [3.05, 3.63) is 40.0 Å². The van der Waals surface area contributed by atoms with Crippen molar-refractivity contribution in [1.82, 2.24) is 14.5 Å². The lowest BCUT2D eigenvalue weighted by Gasteiger charge is -2.14. The van der Waals surface area contributed by atoms with Crippen molar-refractivity contribution in [2.45, 2.75) is 25.7 Å². The van der Waals surface area contributed by atoms with Crippen LogP contribution in [0.15, 0.2) is 18.5 Å². The van der Waals surface area contributed by atoms with Gasteiger partial charge in [0, 0.05) is 18.8 Å². The summed E-state index contributed by atoms with van der Waals surface area (Å²) in [5, 5.41) is 14.1. The number of nitro groups is 1. The maximum absolute atomic E-state index is 11.2. The Morgan fingerprint density at radius 1 is 1.35 bits per heavy atom. The van der Waals surface area contributed by atoms with Crippen molar-refractivity contribution in [2.75, 3.05) is 12.4 Å². The molecule has 104 valence electrons. The number of hydrogen-bond donors (Lipinski definition) is 1. The molecule has 3 rings (SSSR count). The van der Waals surface area contributed by atoms with Gasteiger partial charge in [0.1, 0.15) is 12.1 Å². The third-order valence-corrected chi connectivity index (χ3v) is 3.57. The molecule has 0 saturated carbocycles. The van der Waals surface area contributed by atoms with E-state index in [-0.39, 0.29) is 5.69 Å². The molecule has 20 heavy (non-hydrogen) atoms. The average Bonchev–Trinajstić information content (AvgIpc) is 2.90. The zero-order valence-electron chi connectivity index (χ0n) is 11.2. The Kier molecular flexibility index (Phi) is 3.09. The Hall–Kier alpha value is -2.44. The van der Waals surface area contributed by atoms with Gasteiger partial charge in [0.2, 0.25) is 5.82 Å². The van der Waals surface area contributed by atoms with Crippen molar-refractivity contribution >= 4 is 11.5 Å². The summed E-state index contributed by atoms with van der Waals surface area (Å²) in [6, 6.07) is 3.08. The van der Waals surface area contributed by atoms with Crippen LogP contribution >= 0.6 is 0 Å². The van der Waals surface area contributed by atoms with Crippen LogP contribution in [0.1, 0.15) is 24.2 Å². The number of imidazole rings is 1. The Morgan fingerprint density at radius 2 is 2.15 bits per heavy atom. The lowest BCUT2D eigenvalue weighted by atomic mass is 10.0. The molecular formula is C13H15N5O2. The van der Waals surface area contributed by atoms with Gasteiger partial charge in [-0.05, 0) is 31.7 Å². The van der Waals surface area contributed by atoms with Crippen LogP contribution in [0.2, 0.25) is 0 Å². The van der Waals surface area contributed by atoms with Gasteiger partial charge in [0.25, 0.3) is 0 Å². The molecule has 0 atom stereocenters. The van der Waals surface area contributed by atoms with E-state index in [2.05, 4.69) is 15.3 Å². The van der Waals surface area contributed by atoms with Crippen LogP contribution in [0.5, 0.6) is 0 Å². The van der Waals surface area contributed by atoms with E-state index in [1.165, 1.54) is 6.07 Å². The Morgan fingerprint density at radius 3 is 2.90 bits per heavy atom. The van der Waals surface area contributed by atoms with Crippen LogP contribution in [0, 0.1) is 10.1 Å². The molecule has 7 nitrogen and oxygen atoms in total. The van der Waals surface area contributed by atoms with E-state index < -0.39 is 4.92 Å². The monoisotopic (exact) mass is 273 g/mol. The van der Waals surface area contributed by atoms with Crippen molar-refractivity contribution in [3.63, 3.8) is 0 Å². The summed E-state index contributed by atoms with van der Waals surface area (Å²) < 4.78 is 1.76. The van der Waals surface area contributed by atoms with Crippen LogP contribution in [0.4, 0.5) is 11.5 Å². The lowest BCUT2D eigenvalue weighted by Crippen LogP contribution is -2.10. The quantitative estimate of drug-likeness (QED) is 0.683. The predicted octanol–water partition coefficient (Wildman–Crippen LogP) is 2.10. The number of aromatic nitrogens is 3. The Labute approximate surface area is 115 Å². The van der Waals surface area contributed by atoms with Gasteiger partial charge >= 0.3 is 5.69 Å². The highest BCUT2D eigenvalue weighted by atomic mass is 16.6. The largest absolute Gasteiger partial charge is 0.373 e. The summed E-state index contributed by atoms with van der Waals surface area (Å²) in [5.74, 6) is 0.932. The molecule has 1 aliphatic carbocycles. The highest BCUT2D eigenvalue weighted by molar-refractivity contribution is 5.54. The van der Waals surface area contributed by atoms with E-state index in [0.29, 0.717) is 11.6 Å². The third kappa shape index (κ3) is 2.01. The van der Waals surface area contributed by atoms with Gasteiger partial charge in [-0.1, -0.05) is 0 Å². The van der Waals surface area contributed by atoms with Gasteiger partial charge < -0.3 is 5.32 Å². The Balaban J connectivity index is 2.17. The normalized spacial score (nSPS) is 13.8. The fourth-order valence-electron chi connectivity index (χ4n) is 2.55. The minimum Gasteiger partial charge on any atom is -0.373 e. The summed E-state index contributed by atoms with van der Waals surface area (Å²) in [6.45, 7) is 0. The number of fused-ring (bicyclic) bond motifs is 1. The number of nitrogens with zero attached hydrogens (tertiary/aromatic N) is 4. The number of pyridine rings is 1. The number of rotatable bonds is 3. The molecule has 0 fully saturated rings. The second-order valence-corrected chi connectivity index (χ2v) is 4.76. The molecule has 1 aliphatic rings. The molecular weight excluding hydrogens is 258 g/mol. The number of nitrogens with one attached hydrogen (secondary N) is 1. The standard InChI is InChI=1S/C13H15N5O2/c1-14-12-7-6-11(18(19)20)13(16-12)17-8-15-9-4-2-3-5-10(9)17/h6-8H,2-5H2,1H3,(H,14,16). The minimum absolute atomic E-state index is 0.00484. The van der Waals surface area contributed by atoms with Gasteiger partial charge in [-0.2, -0.15) is 0 Å². The fourth-order valence-corrected chi connectivity index (χ4v) is 2.55. The molecule has 0 amide bonds. The van der Waals surface area contributed by atoms with Crippen LogP contribution in [0.3, 0.4) is 0 Å². The number of hydrogen-bond acceptors (Lipinski definition) is 5. The van der Waals surface area contributed by atoms with E-state index in [0.717, 1.165) is 37.1 Å². The SMILES string of the molecule is CNc1ccc([N+](=O)[O-])c(-n2cnc3c2CCCC3)n1. The van der Waals surface area contributed by atoms with Crippen LogP contribution in [-0.4, -0.2) is 26.5 Å². The highest BCUT2D eigenvalue weighted by Gasteiger charge is 2.23. The zero-order valence-corrected chi connectivity index (χ0v) is 11.2. The zero-order chi connectivity index (χ0) is 14.1. The predicted molar refractivity (Wildman–Crippen MR) is 74.2 cm³/mol. The van der Waals surface area contributed by atoms with E-state index in [1.54, 1.807) is 24.0 Å². The smallest absolute Gasteiger partial charge is 0.312 e. The number of anilines is 1. The fraction of sp³-hybridized carbons (Fsp3) is 0.385. The number of aryl methyl sites for hydroxylation is 1. The molecule has 7 heteroatoms. The molecule has 0 aliphatic heterocycles. The van der Waals surface area contributed by atoms with Crippen LogP contribution < -0.4 is 5.32 Å². The first-order valence-corrected chi connectivity index (χ1v) is 6.59. The molecule has 0 unspecified atom stereocenters. The van der Waals surface area contributed by atoms with Gasteiger partial charge in [0.15, 0.2) is 0 Å². The maximum Gasteiger partial charge on any atom is 0.312 e. The average molecular weight is 273 g/mol. The van der Waals surface area contributed by atoms with E-state index in [9.17, 15) is 10.1 Å². The first-order valence-electron chi connectivity index (χ1n) is 6.59. The van der Waals surface area contributed by atoms with Crippen molar-refractivity contribution in [1.29, 1.82) is 0 Å². The summed E-state index contributed by atoms with van der Waals surface area (Å²) in [6.07, 6.45) is 5.67. The van der Waals surface area contributed by atoms with Gasteiger partial charge in [-0.3, -0.25) is 14.7 Å². The van der Waals surface area contributed by atoms with Crippen LogP contribution in [0.25, 0.3) is 5.82 Å². The molecule has 0 radical (unpaired) electrons. The molecule has 2 aromatic rings. The molecule has 0 aromatic carbocycles. The summed E-state index contributed by atoms with van der Waals surface area (Å²) >= 11 is 0.